The van der Waals surface area contributed by atoms with Crippen LogP contribution in [0.2, 0.25) is 0 Å². The van der Waals surface area contributed by atoms with Crippen LogP contribution in [-0.2, 0) is 22.4 Å². The zero-order valence-corrected chi connectivity index (χ0v) is 20.4. The minimum Gasteiger partial charge on any atom is -0.453 e. The molecule has 0 aliphatic rings. The molecule has 0 radical (unpaired) electrons. The molecule has 0 saturated heterocycles. The number of carbonyl (C=O) groups excluding carboxylic acids is 2. The number of ether oxygens (including phenoxy) is 1. The van der Waals surface area contributed by atoms with Gasteiger partial charge in [-0.1, -0.05) is 12.1 Å². The molecule has 2 heterocycles. The van der Waals surface area contributed by atoms with Crippen molar-refractivity contribution in [3.63, 3.8) is 0 Å². The molecule has 2 aromatic heterocycles. The molecule has 1 amide bonds. The first kappa shape index (κ1) is 27.1. The van der Waals surface area contributed by atoms with Gasteiger partial charge in [-0.2, -0.15) is 13.2 Å². The zero-order valence-electron chi connectivity index (χ0n) is 19.6. The van der Waals surface area contributed by atoms with E-state index in [1.54, 1.807) is 42.0 Å². The van der Waals surface area contributed by atoms with Crippen molar-refractivity contribution in [2.45, 2.75) is 37.1 Å². The number of hydrogen-bond donors (Lipinski definition) is 2. The first-order valence-corrected chi connectivity index (χ1v) is 11.8. The highest BCUT2D eigenvalue weighted by molar-refractivity contribution is 7.09. The monoisotopic (exact) mass is 521 g/mol. The van der Waals surface area contributed by atoms with Gasteiger partial charge in [-0.05, 0) is 41.8 Å². The molecular formula is C24H26F3N5O3S. The van der Waals surface area contributed by atoms with Gasteiger partial charge in [0, 0.05) is 30.5 Å². The Labute approximate surface area is 210 Å². The maximum Gasteiger partial charge on any atom is 0.409 e. The van der Waals surface area contributed by atoms with E-state index in [9.17, 15) is 22.8 Å². The number of methoxy groups -OCH3 is 1. The number of amides is 1. The second-order valence-electron chi connectivity index (χ2n) is 8.09. The lowest BCUT2D eigenvalue weighted by Gasteiger charge is -2.33. The third-order valence-corrected chi connectivity index (χ3v) is 6.40. The van der Waals surface area contributed by atoms with Gasteiger partial charge in [-0.15, -0.1) is 11.3 Å². The van der Waals surface area contributed by atoms with Gasteiger partial charge in [0.25, 0.3) is 0 Å². The Morgan fingerprint density at radius 1 is 1.22 bits per heavy atom. The second kappa shape index (κ2) is 12.0. The summed E-state index contributed by atoms with van der Waals surface area (Å²) >= 11 is 0.914. The number of aromatic nitrogens is 2. The average Bonchev–Trinajstić information content (AvgIpc) is 3.31. The topological polar surface area (TPSA) is 110 Å². The third kappa shape index (κ3) is 7.25. The maximum atomic E-state index is 13.0. The van der Waals surface area contributed by atoms with E-state index in [4.69, 9.17) is 10.5 Å². The van der Waals surface area contributed by atoms with Crippen LogP contribution in [0.4, 0.5) is 23.7 Å². The minimum atomic E-state index is -4.39. The Kier molecular flexibility index (Phi) is 8.99. The van der Waals surface area contributed by atoms with Gasteiger partial charge < -0.3 is 15.3 Å². The number of alkyl halides is 3. The lowest BCUT2D eigenvalue weighted by molar-refractivity contribution is -0.127. The van der Waals surface area contributed by atoms with Crippen LogP contribution in [-0.4, -0.2) is 53.6 Å². The van der Waals surface area contributed by atoms with Crippen molar-refractivity contribution in [1.82, 2.24) is 20.2 Å². The number of nitrogens with one attached hydrogen (secondary N) is 1. The number of carbonyl (C=O) groups is 2. The lowest BCUT2D eigenvalue weighted by Crippen LogP contribution is -2.47. The van der Waals surface area contributed by atoms with Crippen LogP contribution in [0.25, 0.3) is 0 Å². The number of thiazole rings is 1. The van der Waals surface area contributed by atoms with Gasteiger partial charge in [-0.3, -0.25) is 15.2 Å². The summed E-state index contributed by atoms with van der Waals surface area (Å²) in [5.74, 6) is 0. The SMILES string of the molecule is COC(=O)N(C)C(C=O)C(N[C@@H](Cc1ccc(N)cc1)c1csc(CC(F)(F)F)n1)c1ccncc1. The Morgan fingerprint density at radius 2 is 1.89 bits per heavy atom. The molecule has 8 nitrogen and oxygen atoms in total. The summed E-state index contributed by atoms with van der Waals surface area (Å²) in [5.41, 5.74) is 8.25. The molecule has 2 unspecified atom stereocenters. The number of nitrogens with zero attached hydrogens (tertiary/aromatic N) is 3. The van der Waals surface area contributed by atoms with Crippen LogP contribution >= 0.6 is 11.3 Å². The fraction of sp³-hybridized carbons (Fsp3) is 0.333. The standard InChI is InChI=1S/C24H26F3N5O3S/c1-32(23(34)35-2)20(13-33)22(16-7-9-29-10-8-16)31-18(11-15-3-5-17(28)6-4-15)19-14-36-21(30-19)12-24(25,26)27/h3-10,13-14,18,20,22,31H,11-12,28H2,1-2H3/t18-,20?,22?/m0/s1. The predicted molar refractivity (Wildman–Crippen MR) is 129 cm³/mol. The van der Waals surface area contributed by atoms with E-state index in [-0.39, 0.29) is 5.01 Å². The van der Waals surface area contributed by atoms with Crippen molar-refractivity contribution < 1.29 is 27.5 Å². The molecule has 3 rings (SSSR count). The number of benzene rings is 1. The molecule has 36 heavy (non-hydrogen) atoms. The van der Waals surface area contributed by atoms with Crippen molar-refractivity contribution in [2.75, 3.05) is 19.9 Å². The Balaban J connectivity index is 2.01. The average molecular weight is 522 g/mol. The molecule has 0 spiro atoms. The second-order valence-corrected chi connectivity index (χ2v) is 9.03. The first-order chi connectivity index (χ1) is 17.1. The summed E-state index contributed by atoms with van der Waals surface area (Å²) in [5, 5.41) is 4.86. The molecule has 0 aliphatic heterocycles. The van der Waals surface area contributed by atoms with Crippen LogP contribution in [0.15, 0.2) is 54.2 Å². The van der Waals surface area contributed by atoms with Gasteiger partial charge in [0.1, 0.15) is 17.3 Å². The smallest absolute Gasteiger partial charge is 0.409 e. The quantitative estimate of drug-likeness (QED) is 0.305. The van der Waals surface area contributed by atoms with Crippen LogP contribution in [0, 0.1) is 0 Å². The molecule has 1 aromatic carbocycles. The molecule has 3 aromatic rings. The van der Waals surface area contributed by atoms with Crippen LogP contribution in [0.1, 0.15) is 33.9 Å². The number of aldehydes is 1. The fourth-order valence-corrected chi connectivity index (χ4v) is 4.59. The third-order valence-electron chi connectivity index (χ3n) is 5.53. The highest BCUT2D eigenvalue weighted by Gasteiger charge is 2.34. The number of rotatable bonds is 10. The van der Waals surface area contributed by atoms with Crippen molar-refractivity contribution >= 4 is 29.4 Å². The number of likely N-dealkylation sites (N-methyl/N-ethyl adjacent to an activating group) is 1. The highest BCUT2D eigenvalue weighted by atomic mass is 32.1. The van der Waals surface area contributed by atoms with Gasteiger partial charge in [0.2, 0.25) is 0 Å². The number of nitrogens with two attached hydrogens (primary N) is 1. The normalized spacial score (nSPS) is 14.0. The Hall–Kier alpha value is -3.51. The molecule has 0 fully saturated rings. The van der Waals surface area contributed by atoms with E-state index in [1.807, 2.05) is 12.1 Å². The number of nitrogen functional groups attached to an aromatic ring is 1. The molecule has 0 saturated carbocycles. The van der Waals surface area contributed by atoms with E-state index >= 15 is 0 Å². The maximum absolute atomic E-state index is 13.0. The van der Waals surface area contributed by atoms with Crippen LogP contribution in [0.3, 0.4) is 0 Å². The summed E-state index contributed by atoms with van der Waals surface area (Å²) in [6.07, 6.45) is -2.20. The first-order valence-electron chi connectivity index (χ1n) is 10.9. The van der Waals surface area contributed by atoms with Crippen molar-refractivity contribution in [3.8, 4) is 0 Å². The molecule has 3 N–H and O–H groups in total. The highest BCUT2D eigenvalue weighted by Crippen LogP contribution is 2.30. The van der Waals surface area contributed by atoms with E-state index in [0.717, 1.165) is 21.8 Å². The van der Waals surface area contributed by atoms with Crippen molar-refractivity contribution in [3.05, 3.63) is 76.0 Å². The number of hydrogen-bond acceptors (Lipinski definition) is 8. The summed E-state index contributed by atoms with van der Waals surface area (Å²) in [7, 11) is 2.64. The molecule has 0 aliphatic carbocycles. The molecule has 12 heteroatoms. The molecule has 3 atom stereocenters. The summed E-state index contributed by atoms with van der Waals surface area (Å²) < 4.78 is 43.7. The summed E-state index contributed by atoms with van der Waals surface area (Å²) in [4.78, 5) is 33.8. The van der Waals surface area contributed by atoms with Crippen LogP contribution in [0.5, 0.6) is 0 Å². The van der Waals surface area contributed by atoms with Gasteiger partial charge >= 0.3 is 12.3 Å². The number of halogens is 3. The summed E-state index contributed by atoms with van der Waals surface area (Å²) in [6.45, 7) is 0. The molecule has 192 valence electrons. The summed E-state index contributed by atoms with van der Waals surface area (Å²) in [6, 6.07) is 8.11. The predicted octanol–water partition coefficient (Wildman–Crippen LogP) is 4.11. The number of pyridine rings is 1. The van der Waals surface area contributed by atoms with E-state index in [1.165, 1.54) is 14.2 Å². The zero-order chi connectivity index (χ0) is 26.3. The van der Waals surface area contributed by atoms with Crippen molar-refractivity contribution in [1.29, 1.82) is 0 Å². The fourth-order valence-electron chi connectivity index (χ4n) is 3.71. The van der Waals surface area contributed by atoms with Crippen molar-refractivity contribution in [2.24, 2.45) is 0 Å². The van der Waals surface area contributed by atoms with Gasteiger partial charge in [0.15, 0.2) is 0 Å². The van der Waals surface area contributed by atoms with E-state index in [2.05, 4.69) is 15.3 Å². The molecular weight excluding hydrogens is 495 g/mol. The Morgan fingerprint density at radius 3 is 2.47 bits per heavy atom. The van der Waals surface area contributed by atoms with E-state index < -0.39 is 36.8 Å². The Bertz CT molecular complexity index is 1140. The lowest BCUT2D eigenvalue weighted by atomic mass is 9.96. The van der Waals surface area contributed by atoms with E-state index in [0.29, 0.717) is 29.7 Å². The minimum absolute atomic E-state index is 0.0688. The number of anilines is 1. The van der Waals surface area contributed by atoms with Gasteiger partial charge in [-0.25, -0.2) is 9.78 Å². The molecule has 0 bridgehead atoms. The largest absolute Gasteiger partial charge is 0.453 e. The van der Waals surface area contributed by atoms with Crippen LogP contribution < -0.4 is 11.1 Å². The van der Waals surface area contributed by atoms with Gasteiger partial charge in [0.05, 0.1) is 31.3 Å².